The van der Waals surface area contributed by atoms with Gasteiger partial charge < -0.3 is 15.4 Å². The highest BCUT2D eigenvalue weighted by molar-refractivity contribution is 7.93. The number of methoxy groups -OCH3 is 1. The number of sulfonamides is 1. The van der Waals surface area contributed by atoms with Crippen molar-refractivity contribution in [1.82, 2.24) is 10.3 Å². The third-order valence-electron chi connectivity index (χ3n) is 4.79. The van der Waals surface area contributed by atoms with E-state index < -0.39 is 10.0 Å². The highest BCUT2D eigenvalue weighted by Crippen LogP contribution is 2.30. The zero-order valence-corrected chi connectivity index (χ0v) is 19.6. The van der Waals surface area contributed by atoms with Crippen LogP contribution in [0.1, 0.15) is 11.1 Å². The molecular weight excluding hydrogens is 460 g/mol. The van der Waals surface area contributed by atoms with Crippen LogP contribution in [0.5, 0.6) is 5.75 Å². The number of thiazole rings is 1. The highest BCUT2D eigenvalue weighted by atomic mass is 32.2. The number of ether oxygens (including phenoxy) is 1. The van der Waals surface area contributed by atoms with Gasteiger partial charge in [-0.3, -0.25) is 4.72 Å². The molecule has 10 heteroatoms. The average Bonchev–Trinajstić information content (AvgIpc) is 3.19. The van der Waals surface area contributed by atoms with Gasteiger partial charge in [-0.1, -0.05) is 41.2 Å². The summed E-state index contributed by atoms with van der Waals surface area (Å²) in [5, 5.41) is 5.83. The fourth-order valence-corrected chi connectivity index (χ4v) is 5.22. The number of aryl methyl sites for hydroxylation is 1. The molecule has 1 aromatic heterocycles. The van der Waals surface area contributed by atoms with E-state index in [1.54, 1.807) is 49.6 Å². The van der Waals surface area contributed by atoms with Crippen molar-refractivity contribution >= 4 is 48.4 Å². The Morgan fingerprint density at radius 1 is 1.06 bits per heavy atom. The molecule has 4 aromatic rings. The number of anilines is 2. The first-order valence-corrected chi connectivity index (χ1v) is 12.3. The Morgan fingerprint density at radius 3 is 2.61 bits per heavy atom. The first-order valence-electron chi connectivity index (χ1n) is 10.0. The van der Waals surface area contributed by atoms with Gasteiger partial charge in [0.15, 0.2) is 5.13 Å². The van der Waals surface area contributed by atoms with Crippen LogP contribution in [-0.4, -0.2) is 26.5 Å². The fraction of sp³-hybridized carbons (Fsp3) is 0.130. The van der Waals surface area contributed by atoms with Crippen LogP contribution in [-0.2, 0) is 16.6 Å². The number of carbonyl (C=O) groups excluding carboxylic acids is 1. The van der Waals surface area contributed by atoms with E-state index >= 15 is 0 Å². The second-order valence-corrected chi connectivity index (χ2v) is 9.99. The Kier molecular flexibility index (Phi) is 6.47. The lowest BCUT2D eigenvalue weighted by Gasteiger charge is -2.08. The lowest BCUT2D eigenvalue weighted by atomic mass is 10.2. The summed E-state index contributed by atoms with van der Waals surface area (Å²) in [5.41, 5.74) is 3.08. The normalized spacial score (nSPS) is 11.2. The Hall–Kier alpha value is -3.63. The first kappa shape index (κ1) is 22.6. The highest BCUT2D eigenvalue weighted by Gasteiger charge is 2.16. The second-order valence-electron chi connectivity index (χ2n) is 7.28. The maximum Gasteiger partial charge on any atom is 0.319 e. The third kappa shape index (κ3) is 5.60. The third-order valence-corrected chi connectivity index (χ3v) is 7.20. The van der Waals surface area contributed by atoms with Gasteiger partial charge in [-0.15, -0.1) is 0 Å². The van der Waals surface area contributed by atoms with Gasteiger partial charge in [0.05, 0.1) is 22.2 Å². The number of nitrogens with one attached hydrogen (secondary N) is 3. The number of hydrogen-bond acceptors (Lipinski definition) is 6. The molecule has 33 heavy (non-hydrogen) atoms. The van der Waals surface area contributed by atoms with Crippen molar-refractivity contribution in [2.24, 2.45) is 0 Å². The number of aromatic nitrogens is 1. The molecule has 0 saturated carbocycles. The molecule has 0 saturated heterocycles. The summed E-state index contributed by atoms with van der Waals surface area (Å²) in [6.07, 6.45) is 0. The standard InChI is InChI=1S/C23H22N4O4S2/c1-15-6-9-19(10-7-15)33(29,30)27-23-26-20-11-8-17(13-21(20)32-23)25-22(28)24-14-16-4-3-5-18(12-16)31-2/h3-13H,14H2,1-2H3,(H,26,27)(H2,24,25,28). The smallest absolute Gasteiger partial charge is 0.319 e. The molecule has 4 rings (SSSR count). The van der Waals surface area contributed by atoms with Crippen molar-refractivity contribution in [2.75, 3.05) is 17.1 Å². The van der Waals surface area contributed by atoms with E-state index in [1.165, 1.54) is 11.3 Å². The van der Waals surface area contributed by atoms with Crippen LogP contribution in [0, 0.1) is 6.92 Å². The van der Waals surface area contributed by atoms with E-state index in [4.69, 9.17) is 4.74 Å². The predicted molar refractivity (Wildman–Crippen MR) is 130 cm³/mol. The molecule has 0 spiro atoms. The molecule has 8 nitrogen and oxygen atoms in total. The summed E-state index contributed by atoms with van der Waals surface area (Å²) < 4.78 is 33.7. The van der Waals surface area contributed by atoms with Crippen molar-refractivity contribution in [3.63, 3.8) is 0 Å². The molecule has 0 atom stereocenters. The van der Waals surface area contributed by atoms with Gasteiger partial charge in [-0.05, 0) is 55.0 Å². The van der Waals surface area contributed by atoms with Crippen LogP contribution >= 0.6 is 11.3 Å². The maximum atomic E-state index is 12.6. The summed E-state index contributed by atoms with van der Waals surface area (Å²) in [7, 11) is -2.15. The number of urea groups is 1. The maximum absolute atomic E-state index is 12.6. The van der Waals surface area contributed by atoms with Gasteiger partial charge in [0.2, 0.25) is 0 Å². The Bertz CT molecular complexity index is 1400. The summed E-state index contributed by atoms with van der Waals surface area (Å²) in [6, 6.07) is 18.9. The zero-order chi connectivity index (χ0) is 23.4. The minimum atomic E-state index is -3.74. The van der Waals surface area contributed by atoms with Crippen molar-refractivity contribution < 1.29 is 17.9 Å². The predicted octanol–water partition coefficient (Wildman–Crippen LogP) is 4.74. The van der Waals surface area contributed by atoms with Gasteiger partial charge in [-0.25, -0.2) is 18.2 Å². The van der Waals surface area contributed by atoms with Crippen LogP contribution in [0.25, 0.3) is 10.2 Å². The minimum absolute atomic E-state index is 0.169. The van der Waals surface area contributed by atoms with Crippen molar-refractivity contribution in [3.05, 3.63) is 77.9 Å². The van der Waals surface area contributed by atoms with Gasteiger partial charge in [0.1, 0.15) is 5.75 Å². The quantitative estimate of drug-likeness (QED) is 0.353. The number of carbonyl (C=O) groups is 1. The summed E-state index contributed by atoms with van der Waals surface area (Å²) in [6.45, 7) is 2.23. The molecule has 0 unspecified atom stereocenters. The number of nitrogens with zero attached hydrogens (tertiary/aromatic N) is 1. The SMILES string of the molecule is COc1cccc(CNC(=O)Nc2ccc3nc(NS(=O)(=O)c4ccc(C)cc4)sc3c2)c1. The molecule has 2 amide bonds. The minimum Gasteiger partial charge on any atom is -0.497 e. The summed E-state index contributed by atoms with van der Waals surface area (Å²) in [4.78, 5) is 16.8. The van der Waals surface area contributed by atoms with E-state index in [2.05, 4.69) is 20.3 Å². The molecule has 1 heterocycles. The summed E-state index contributed by atoms with van der Waals surface area (Å²) >= 11 is 1.19. The van der Waals surface area contributed by atoms with Gasteiger partial charge >= 0.3 is 6.03 Å². The van der Waals surface area contributed by atoms with E-state index in [0.717, 1.165) is 21.6 Å². The molecule has 3 aromatic carbocycles. The molecule has 0 fully saturated rings. The number of amides is 2. The largest absolute Gasteiger partial charge is 0.497 e. The second kappa shape index (κ2) is 9.47. The van der Waals surface area contributed by atoms with E-state index in [-0.39, 0.29) is 16.1 Å². The molecule has 3 N–H and O–H groups in total. The van der Waals surface area contributed by atoms with Crippen LogP contribution < -0.4 is 20.1 Å². The Balaban J connectivity index is 1.42. The van der Waals surface area contributed by atoms with Crippen LogP contribution in [0.4, 0.5) is 15.6 Å². The van der Waals surface area contributed by atoms with Gasteiger partial charge in [0, 0.05) is 12.2 Å². The Labute approximate surface area is 195 Å². The number of benzene rings is 3. The average molecular weight is 483 g/mol. The number of rotatable bonds is 7. The topological polar surface area (TPSA) is 109 Å². The molecule has 0 radical (unpaired) electrons. The van der Waals surface area contributed by atoms with Crippen LogP contribution in [0.3, 0.4) is 0 Å². The number of fused-ring (bicyclic) bond motifs is 1. The van der Waals surface area contributed by atoms with E-state index in [0.29, 0.717) is 17.7 Å². The monoisotopic (exact) mass is 482 g/mol. The molecular formula is C23H22N4O4S2. The zero-order valence-electron chi connectivity index (χ0n) is 18.0. The van der Waals surface area contributed by atoms with Gasteiger partial charge in [-0.2, -0.15) is 0 Å². The molecule has 0 bridgehead atoms. The Morgan fingerprint density at radius 2 is 1.85 bits per heavy atom. The van der Waals surface area contributed by atoms with E-state index in [1.807, 2.05) is 31.2 Å². The van der Waals surface area contributed by atoms with Crippen molar-refractivity contribution in [2.45, 2.75) is 18.4 Å². The van der Waals surface area contributed by atoms with Crippen molar-refractivity contribution in [3.8, 4) is 5.75 Å². The fourth-order valence-electron chi connectivity index (χ4n) is 3.08. The first-order chi connectivity index (χ1) is 15.8. The van der Waals surface area contributed by atoms with Crippen LogP contribution in [0.15, 0.2) is 71.6 Å². The molecule has 0 aliphatic rings. The number of hydrogen-bond donors (Lipinski definition) is 3. The lowest BCUT2D eigenvalue weighted by Crippen LogP contribution is -2.28. The van der Waals surface area contributed by atoms with Crippen LogP contribution in [0.2, 0.25) is 0 Å². The lowest BCUT2D eigenvalue weighted by molar-refractivity contribution is 0.251. The molecule has 170 valence electrons. The van der Waals surface area contributed by atoms with Gasteiger partial charge in [0.25, 0.3) is 10.0 Å². The summed E-state index contributed by atoms with van der Waals surface area (Å²) in [5.74, 6) is 0.721. The molecule has 0 aliphatic carbocycles. The van der Waals surface area contributed by atoms with Crippen molar-refractivity contribution in [1.29, 1.82) is 0 Å². The molecule has 0 aliphatic heterocycles. The van der Waals surface area contributed by atoms with E-state index in [9.17, 15) is 13.2 Å².